The van der Waals surface area contributed by atoms with Crippen LogP contribution < -0.4 is 15.4 Å². The van der Waals surface area contributed by atoms with Crippen LogP contribution in [0.4, 0.5) is 4.79 Å². The van der Waals surface area contributed by atoms with Gasteiger partial charge in [0, 0.05) is 19.1 Å². The number of carboxylic acid groups (broad SMARTS) is 1. The maximum Gasteiger partial charge on any atom is 0.326 e. The lowest BCUT2D eigenvalue weighted by Gasteiger charge is -2.28. The normalized spacial score (nSPS) is 18.0. The fourth-order valence-corrected chi connectivity index (χ4v) is 2.86. The van der Waals surface area contributed by atoms with Crippen molar-refractivity contribution < 1.29 is 24.2 Å². The molecule has 1 aliphatic rings. The summed E-state index contributed by atoms with van der Waals surface area (Å²) in [6.07, 6.45) is 3.11. The number of aryl methyl sites for hydroxylation is 1. The van der Waals surface area contributed by atoms with Crippen LogP contribution >= 0.6 is 0 Å². The first-order valence-corrected chi connectivity index (χ1v) is 9.10. The minimum atomic E-state index is -1.03. The van der Waals surface area contributed by atoms with Crippen molar-refractivity contribution in [1.82, 2.24) is 10.6 Å². The SMILES string of the molecule is Cc1ccc(OCCCCNC(=O)NC(C(=O)O)C2CCCOC2)cc1. The van der Waals surface area contributed by atoms with Gasteiger partial charge in [0.1, 0.15) is 11.8 Å². The standard InChI is InChI=1S/C19H28N2O5/c1-14-6-8-16(9-7-14)26-12-3-2-10-20-19(24)21-17(18(22)23)15-5-4-11-25-13-15/h6-9,15,17H,2-5,10-13H2,1H3,(H,22,23)(H2,20,21,24). The van der Waals surface area contributed by atoms with E-state index in [1.54, 1.807) is 0 Å². The summed E-state index contributed by atoms with van der Waals surface area (Å²) in [5.41, 5.74) is 1.19. The number of aliphatic carboxylic acids is 1. The molecule has 2 unspecified atom stereocenters. The Morgan fingerprint density at radius 2 is 2.08 bits per heavy atom. The number of urea groups is 1. The lowest BCUT2D eigenvalue weighted by Crippen LogP contribution is -2.51. The molecule has 1 fully saturated rings. The second-order valence-corrected chi connectivity index (χ2v) is 6.56. The molecule has 1 aliphatic heterocycles. The maximum absolute atomic E-state index is 11.9. The number of nitrogens with one attached hydrogen (secondary N) is 2. The van der Waals surface area contributed by atoms with Crippen molar-refractivity contribution in [1.29, 1.82) is 0 Å². The Morgan fingerprint density at radius 3 is 2.73 bits per heavy atom. The average Bonchev–Trinajstić information content (AvgIpc) is 2.64. The highest BCUT2D eigenvalue weighted by molar-refractivity contribution is 5.82. The third-order valence-electron chi connectivity index (χ3n) is 4.37. The molecule has 0 aromatic heterocycles. The minimum Gasteiger partial charge on any atom is -0.494 e. The van der Waals surface area contributed by atoms with Gasteiger partial charge < -0.3 is 25.2 Å². The molecule has 2 rings (SSSR count). The highest BCUT2D eigenvalue weighted by atomic mass is 16.5. The largest absolute Gasteiger partial charge is 0.494 e. The van der Waals surface area contributed by atoms with Crippen molar-refractivity contribution in [3.8, 4) is 5.75 Å². The van der Waals surface area contributed by atoms with Gasteiger partial charge in [-0.25, -0.2) is 9.59 Å². The number of benzene rings is 1. The van der Waals surface area contributed by atoms with Crippen LogP contribution in [0.15, 0.2) is 24.3 Å². The molecule has 144 valence electrons. The van der Waals surface area contributed by atoms with Crippen LogP contribution in [0, 0.1) is 12.8 Å². The van der Waals surface area contributed by atoms with Gasteiger partial charge in [0.2, 0.25) is 0 Å². The Hall–Kier alpha value is -2.28. The number of ether oxygens (including phenoxy) is 2. The average molecular weight is 364 g/mol. The van der Waals surface area contributed by atoms with E-state index in [-0.39, 0.29) is 5.92 Å². The number of hydrogen-bond acceptors (Lipinski definition) is 4. The van der Waals surface area contributed by atoms with Crippen LogP contribution in [0.5, 0.6) is 5.75 Å². The van der Waals surface area contributed by atoms with Gasteiger partial charge >= 0.3 is 12.0 Å². The van der Waals surface area contributed by atoms with Gasteiger partial charge in [-0.3, -0.25) is 0 Å². The van der Waals surface area contributed by atoms with E-state index >= 15 is 0 Å². The molecule has 1 heterocycles. The van der Waals surface area contributed by atoms with Gasteiger partial charge in [-0.2, -0.15) is 0 Å². The number of hydrogen-bond donors (Lipinski definition) is 3. The molecule has 3 N–H and O–H groups in total. The fraction of sp³-hybridized carbons (Fsp3) is 0.579. The zero-order valence-electron chi connectivity index (χ0n) is 15.2. The van der Waals surface area contributed by atoms with E-state index in [2.05, 4.69) is 10.6 Å². The Kier molecular flexibility index (Phi) is 8.21. The predicted molar refractivity (Wildman–Crippen MR) is 97.4 cm³/mol. The van der Waals surface area contributed by atoms with E-state index in [0.29, 0.717) is 26.4 Å². The molecule has 7 heteroatoms. The zero-order valence-corrected chi connectivity index (χ0v) is 15.2. The smallest absolute Gasteiger partial charge is 0.326 e. The first-order valence-electron chi connectivity index (χ1n) is 9.10. The van der Waals surface area contributed by atoms with Gasteiger partial charge in [0.05, 0.1) is 13.2 Å². The van der Waals surface area contributed by atoms with Crippen molar-refractivity contribution in [2.24, 2.45) is 5.92 Å². The Labute approximate surface area is 154 Å². The second-order valence-electron chi connectivity index (χ2n) is 6.56. The van der Waals surface area contributed by atoms with Crippen molar-refractivity contribution in [3.05, 3.63) is 29.8 Å². The van der Waals surface area contributed by atoms with Crippen molar-refractivity contribution >= 4 is 12.0 Å². The van der Waals surface area contributed by atoms with Gasteiger partial charge in [-0.05, 0) is 44.7 Å². The lowest BCUT2D eigenvalue weighted by molar-refractivity contribution is -0.142. The molecular formula is C19H28N2O5. The monoisotopic (exact) mass is 364 g/mol. The predicted octanol–water partition coefficient (Wildman–Crippen LogP) is 2.33. The molecule has 2 amide bonds. The minimum absolute atomic E-state index is 0.185. The summed E-state index contributed by atoms with van der Waals surface area (Å²) in [4.78, 5) is 23.3. The quantitative estimate of drug-likeness (QED) is 0.585. The summed E-state index contributed by atoms with van der Waals surface area (Å²) in [5.74, 6) is -0.377. The van der Waals surface area contributed by atoms with E-state index in [1.807, 2.05) is 31.2 Å². The topological polar surface area (TPSA) is 96.9 Å². The van der Waals surface area contributed by atoms with E-state index in [4.69, 9.17) is 9.47 Å². The van der Waals surface area contributed by atoms with E-state index in [0.717, 1.165) is 31.4 Å². The lowest BCUT2D eigenvalue weighted by atomic mass is 9.94. The summed E-state index contributed by atoms with van der Waals surface area (Å²) < 4.78 is 10.9. The van der Waals surface area contributed by atoms with E-state index in [9.17, 15) is 14.7 Å². The molecule has 0 bridgehead atoms. The number of amides is 2. The van der Waals surface area contributed by atoms with E-state index in [1.165, 1.54) is 5.56 Å². The number of carbonyl (C=O) groups is 2. The number of carboxylic acids is 1. The molecule has 1 aromatic carbocycles. The second kappa shape index (κ2) is 10.7. The summed E-state index contributed by atoms with van der Waals surface area (Å²) in [6.45, 7) is 4.09. The van der Waals surface area contributed by atoms with Crippen molar-refractivity contribution in [2.75, 3.05) is 26.4 Å². The summed E-state index contributed by atoms with van der Waals surface area (Å²) in [6, 6.07) is 6.49. The van der Waals surface area contributed by atoms with Crippen LogP contribution in [-0.4, -0.2) is 49.5 Å². The Balaban J connectivity index is 1.60. The zero-order chi connectivity index (χ0) is 18.8. The van der Waals surface area contributed by atoms with Crippen LogP contribution in [0.2, 0.25) is 0 Å². The van der Waals surface area contributed by atoms with Crippen LogP contribution in [0.25, 0.3) is 0 Å². The molecule has 1 saturated heterocycles. The number of unbranched alkanes of at least 4 members (excludes halogenated alkanes) is 1. The molecule has 0 radical (unpaired) electrons. The Bertz CT molecular complexity index is 570. The summed E-state index contributed by atoms with van der Waals surface area (Å²) >= 11 is 0. The van der Waals surface area contributed by atoms with Crippen LogP contribution in [0.3, 0.4) is 0 Å². The van der Waals surface area contributed by atoms with E-state index < -0.39 is 18.0 Å². The molecule has 2 atom stereocenters. The van der Waals surface area contributed by atoms with Gasteiger partial charge in [0.25, 0.3) is 0 Å². The third kappa shape index (κ3) is 6.92. The van der Waals surface area contributed by atoms with Gasteiger partial charge in [0.15, 0.2) is 0 Å². The highest BCUT2D eigenvalue weighted by Gasteiger charge is 2.31. The molecule has 7 nitrogen and oxygen atoms in total. The summed E-state index contributed by atoms with van der Waals surface area (Å²) in [5, 5.41) is 14.6. The first-order chi connectivity index (χ1) is 12.6. The van der Waals surface area contributed by atoms with Crippen LogP contribution in [-0.2, 0) is 9.53 Å². The molecule has 0 saturated carbocycles. The molecule has 0 spiro atoms. The highest BCUT2D eigenvalue weighted by Crippen LogP contribution is 2.17. The third-order valence-corrected chi connectivity index (χ3v) is 4.37. The molecule has 26 heavy (non-hydrogen) atoms. The number of rotatable bonds is 9. The maximum atomic E-state index is 11.9. The van der Waals surface area contributed by atoms with Crippen molar-refractivity contribution in [3.63, 3.8) is 0 Å². The first kappa shape index (κ1) is 20.0. The fourth-order valence-electron chi connectivity index (χ4n) is 2.86. The summed E-state index contributed by atoms with van der Waals surface area (Å²) in [7, 11) is 0. The molecule has 1 aromatic rings. The van der Waals surface area contributed by atoms with Gasteiger partial charge in [-0.1, -0.05) is 17.7 Å². The molecular weight excluding hydrogens is 336 g/mol. The van der Waals surface area contributed by atoms with Crippen molar-refractivity contribution in [2.45, 2.75) is 38.6 Å². The number of carbonyl (C=O) groups excluding carboxylic acids is 1. The Morgan fingerprint density at radius 1 is 1.31 bits per heavy atom. The van der Waals surface area contributed by atoms with Gasteiger partial charge in [-0.15, -0.1) is 0 Å². The van der Waals surface area contributed by atoms with Crippen LogP contribution in [0.1, 0.15) is 31.2 Å². The molecule has 0 aliphatic carbocycles.